The number of β-amino-alcohol motifs (C(OH)–C–C–N with tert-alkyl or cyclic N) is 1. The van der Waals surface area contributed by atoms with Crippen LogP contribution < -0.4 is 10.6 Å². The minimum atomic E-state index is -0.616. The van der Waals surface area contributed by atoms with E-state index in [9.17, 15) is 14.4 Å². The predicted molar refractivity (Wildman–Crippen MR) is 107 cm³/mol. The summed E-state index contributed by atoms with van der Waals surface area (Å²) in [5.74, 6) is -1.28. The van der Waals surface area contributed by atoms with Crippen LogP contribution in [0.2, 0.25) is 0 Å². The average molecular weight is 395 g/mol. The second-order valence-corrected chi connectivity index (χ2v) is 6.32. The van der Waals surface area contributed by atoms with Crippen LogP contribution in [0.15, 0.2) is 65.9 Å². The Hall–Kier alpha value is -3.65. The number of ether oxygens (including phenoxy) is 1. The van der Waals surface area contributed by atoms with Crippen molar-refractivity contribution in [2.45, 2.75) is 0 Å². The molecule has 0 fully saturated rings. The second kappa shape index (κ2) is 9.03. The smallest absolute Gasteiger partial charge is 0.337 e. The Morgan fingerprint density at radius 2 is 1.83 bits per heavy atom. The molecule has 8 nitrogen and oxygen atoms in total. The molecule has 0 unspecified atom stereocenters. The number of anilines is 2. The van der Waals surface area contributed by atoms with Gasteiger partial charge >= 0.3 is 5.97 Å². The van der Waals surface area contributed by atoms with Gasteiger partial charge in [0.2, 0.25) is 0 Å². The molecule has 1 aliphatic rings. The van der Waals surface area contributed by atoms with Gasteiger partial charge in [0.05, 0.1) is 25.8 Å². The summed E-state index contributed by atoms with van der Waals surface area (Å²) < 4.78 is 4.77. The number of hydrogen-bond acceptors (Lipinski definition) is 6. The number of methoxy groups -OCH3 is 1. The van der Waals surface area contributed by atoms with E-state index in [-0.39, 0.29) is 36.9 Å². The highest BCUT2D eigenvalue weighted by molar-refractivity contribution is 6.09. The van der Waals surface area contributed by atoms with Gasteiger partial charge in [0, 0.05) is 23.5 Å². The van der Waals surface area contributed by atoms with Gasteiger partial charge in [-0.05, 0) is 30.3 Å². The van der Waals surface area contributed by atoms with Crippen molar-refractivity contribution in [1.29, 1.82) is 0 Å². The molecule has 2 amide bonds. The van der Waals surface area contributed by atoms with Crippen molar-refractivity contribution < 1.29 is 24.2 Å². The van der Waals surface area contributed by atoms with Gasteiger partial charge < -0.3 is 25.4 Å². The minimum Gasteiger partial charge on any atom is -0.466 e. The number of benzene rings is 2. The van der Waals surface area contributed by atoms with Gasteiger partial charge in [0.15, 0.2) is 0 Å². The summed E-state index contributed by atoms with van der Waals surface area (Å²) in [4.78, 5) is 38.3. The monoisotopic (exact) mass is 395 g/mol. The molecular weight excluding hydrogens is 374 g/mol. The van der Waals surface area contributed by atoms with Gasteiger partial charge in [-0.3, -0.25) is 9.59 Å². The number of aliphatic hydroxyl groups is 1. The zero-order valence-corrected chi connectivity index (χ0v) is 15.8. The molecule has 2 aromatic carbocycles. The molecular formula is C21H21N3O5. The number of nitrogens with zero attached hydrogens (tertiary/aromatic N) is 1. The SMILES string of the molecule is COC(=O)C1=C(Nc2cccc(NC(=O)c3ccccc3)c2)C(=O)N(CCO)C1. The van der Waals surface area contributed by atoms with Gasteiger partial charge in [-0.15, -0.1) is 0 Å². The van der Waals surface area contributed by atoms with E-state index >= 15 is 0 Å². The van der Waals surface area contributed by atoms with Crippen LogP contribution in [0.1, 0.15) is 10.4 Å². The molecule has 0 bridgehead atoms. The Morgan fingerprint density at radius 3 is 2.52 bits per heavy atom. The summed E-state index contributed by atoms with van der Waals surface area (Å²) in [6, 6.07) is 15.6. The first kappa shape index (κ1) is 20.1. The van der Waals surface area contributed by atoms with E-state index < -0.39 is 11.9 Å². The van der Waals surface area contributed by atoms with Gasteiger partial charge in [-0.2, -0.15) is 0 Å². The van der Waals surface area contributed by atoms with Crippen LogP contribution in [0.4, 0.5) is 11.4 Å². The van der Waals surface area contributed by atoms with Crippen molar-refractivity contribution in [3.8, 4) is 0 Å². The average Bonchev–Trinajstić information content (AvgIpc) is 3.04. The summed E-state index contributed by atoms with van der Waals surface area (Å²) in [6.45, 7) is -0.0506. The maximum Gasteiger partial charge on any atom is 0.337 e. The molecule has 150 valence electrons. The summed E-state index contributed by atoms with van der Waals surface area (Å²) in [7, 11) is 1.24. The quantitative estimate of drug-likeness (QED) is 0.615. The van der Waals surface area contributed by atoms with E-state index in [2.05, 4.69) is 10.6 Å². The first-order valence-electron chi connectivity index (χ1n) is 8.98. The fourth-order valence-electron chi connectivity index (χ4n) is 2.96. The van der Waals surface area contributed by atoms with E-state index in [4.69, 9.17) is 9.84 Å². The summed E-state index contributed by atoms with van der Waals surface area (Å²) in [6.07, 6.45) is 0. The maximum absolute atomic E-state index is 12.6. The molecule has 0 saturated carbocycles. The molecule has 8 heteroatoms. The Labute approximate surface area is 167 Å². The van der Waals surface area contributed by atoms with Gasteiger partial charge in [0.1, 0.15) is 5.70 Å². The minimum absolute atomic E-state index is 0.0544. The van der Waals surface area contributed by atoms with Crippen molar-refractivity contribution >= 4 is 29.2 Å². The predicted octanol–water partition coefficient (Wildman–Crippen LogP) is 1.61. The van der Waals surface area contributed by atoms with Crippen LogP contribution in [-0.4, -0.2) is 54.6 Å². The third kappa shape index (κ3) is 4.61. The van der Waals surface area contributed by atoms with Crippen LogP contribution in [0.3, 0.4) is 0 Å². The van der Waals surface area contributed by atoms with Crippen LogP contribution in [0.5, 0.6) is 0 Å². The Kier molecular flexibility index (Phi) is 6.25. The first-order chi connectivity index (χ1) is 14.0. The van der Waals surface area contributed by atoms with Crippen molar-refractivity contribution in [3.63, 3.8) is 0 Å². The van der Waals surface area contributed by atoms with E-state index in [1.807, 2.05) is 6.07 Å². The Balaban J connectivity index is 1.80. The molecule has 0 aliphatic carbocycles. The lowest BCUT2D eigenvalue weighted by Crippen LogP contribution is -2.31. The van der Waals surface area contributed by atoms with Crippen molar-refractivity contribution in [1.82, 2.24) is 4.90 Å². The Bertz CT molecular complexity index is 956. The number of rotatable bonds is 7. The van der Waals surface area contributed by atoms with Gasteiger partial charge in [0.25, 0.3) is 11.8 Å². The van der Waals surface area contributed by atoms with E-state index in [1.165, 1.54) is 12.0 Å². The molecule has 0 spiro atoms. The molecule has 1 aliphatic heterocycles. The number of carbonyl (C=O) groups excluding carboxylic acids is 3. The van der Waals surface area contributed by atoms with Gasteiger partial charge in [-0.1, -0.05) is 24.3 Å². The number of hydrogen-bond donors (Lipinski definition) is 3. The number of nitrogens with one attached hydrogen (secondary N) is 2. The molecule has 29 heavy (non-hydrogen) atoms. The van der Waals surface area contributed by atoms with Gasteiger partial charge in [-0.25, -0.2) is 4.79 Å². The largest absolute Gasteiger partial charge is 0.466 e. The van der Waals surface area contributed by atoms with E-state index in [1.54, 1.807) is 48.5 Å². The molecule has 0 radical (unpaired) electrons. The number of aliphatic hydroxyl groups excluding tert-OH is 1. The highest BCUT2D eigenvalue weighted by Crippen LogP contribution is 2.24. The normalized spacial score (nSPS) is 13.4. The van der Waals surface area contributed by atoms with Crippen LogP contribution >= 0.6 is 0 Å². The van der Waals surface area contributed by atoms with E-state index in [0.29, 0.717) is 16.9 Å². The first-order valence-corrected chi connectivity index (χ1v) is 8.98. The number of esters is 1. The van der Waals surface area contributed by atoms with Crippen LogP contribution in [0.25, 0.3) is 0 Å². The second-order valence-electron chi connectivity index (χ2n) is 6.32. The van der Waals surface area contributed by atoms with Crippen molar-refractivity contribution in [2.75, 3.05) is 37.4 Å². The summed E-state index contributed by atoms with van der Waals surface area (Å²) in [5.41, 5.74) is 1.85. The third-order valence-electron chi connectivity index (χ3n) is 4.38. The lowest BCUT2D eigenvalue weighted by atomic mass is 10.2. The number of amides is 2. The number of carbonyl (C=O) groups is 3. The highest BCUT2D eigenvalue weighted by Gasteiger charge is 2.34. The molecule has 3 rings (SSSR count). The lowest BCUT2D eigenvalue weighted by Gasteiger charge is -2.15. The third-order valence-corrected chi connectivity index (χ3v) is 4.38. The standard InChI is InChI=1S/C21H21N3O5/c1-29-21(28)17-13-24(10-11-25)20(27)18(17)22-15-8-5-9-16(12-15)23-19(26)14-6-3-2-4-7-14/h2-9,12,22,25H,10-11,13H2,1H3,(H,23,26). The Morgan fingerprint density at radius 1 is 1.10 bits per heavy atom. The molecule has 2 aromatic rings. The fourth-order valence-corrected chi connectivity index (χ4v) is 2.96. The molecule has 1 heterocycles. The highest BCUT2D eigenvalue weighted by atomic mass is 16.5. The van der Waals surface area contributed by atoms with Crippen LogP contribution in [-0.2, 0) is 14.3 Å². The maximum atomic E-state index is 12.6. The zero-order valence-electron chi connectivity index (χ0n) is 15.8. The molecule has 3 N–H and O–H groups in total. The lowest BCUT2D eigenvalue weighted by molar-refractivity contribution is -0.136. The summed E-state index contributed by atoms with van der Waals surface area (Å²) in [5, 5.41) is 14.9. The van der Waals surface area contributed by atoms with Crippen molar-refractivity contribution in [2.24, 2.45) is 0 Å². The topological polar surface area (TPSA) is 108 Å². The molecule has 0 aromatic heterocycles. The van der Waals surface area contributed by atoms with Crippen LogP contribution in [0, 0.1) is 0 Å². The van der Waals surface area contributed by atoms with E-state index in [0.717, 1.165) is 0 Å². The molecule has 0 atom stereocenters. The fraction of sp³-hybridized carbons (Fsp3) is 0.190. The summed E-state index contributed by atoms with van der Waals surface area (Å²) >= 11 is 0. The molecule has 0 saturated heterocycles. The zero-order chi connectivity index (χ0) is 20.8. The van der Waals surface area contributed by atoms with Crippen molar-refractivity contribution in [3.05, 3.63) is 71.4 Å².